The maximum Gasteiger partial charge on any atom is 0.249 e. The maximum atomic E-state index is 12.8. The van der Waals surface area contributed by atoms with Crippen molar-refractivity contribution in [3.8, 4) is 0 Å². The van der Waals surface area contributed by atoms with Crippen molar-refractivity contribution in [2.24, 2.45) is 15.7 Å². The summed E-state index contributed by atoms with van der Waals surface area (Å²) in [6, 6.07) is 5.71. The molecule has 0 saturated carbocycles. The molecule has 5 nitrogen and oxygen atoms in total. The Morgan fingerprint density at radius 2 is 2.05 bits per heavy atom. The second-order valence-electron chi connectivity index (χ2n) is 3.88. The summed E-state index contributed by atoms with van der Waals surface area (Å²) in [5, 5.41) is 0.310. The molecule has 0 atom stereocenters. The van der Waals surface area contributed by atoms with E-state index in [4.69, 9.17) is 17.3 Å². The first-order valence-corrected chi connectivity index (χ1v) is 6.23. The van der Waals surface area contributed by atoms with Crippen LogP contribution in [0.2, 0.25) is 5.02 Å². The number of nitrogens with two attached hydrogens (primary N) is 1. The highest BCUT2D eigenvalue weighted by Gasteiger charge is 2.08. The summed E-state index contributed by atoms with van der Waals surface area (Å²) in [7, 11) is 0. The van der Waals surface area contributed by atoms with E-state index in [2.05, 4.69) is 26.7 Å². The van der Waals surface area contributed by atoms with Gasteiger partial charge in [-0.25, -0.2) is 19.4 Å². The highest BCUT2D eigenvalue weighted by atomic mass is 35.5. The molecule has 0 unspecified atom stereocenters. The number of allylic oxidation sites excluding steroid dienone is 1. The Hall–Kier alpha value is -2.60. The molecule has 1 heterocycles. The highest BCUT2D eigenvalue weighted by molar-refractivity contribution is 6.33. The van der Waals surface area contributed by atoms with Gasteiger partial charge in [0.15, 0.2) is 0 Å². The second kappa shape index (κ2) is 6.71. The van der Waals surface area contributed by atoms with E-state index in [1.165, 1.54) is 42.9 Å². The molecule has 106 valence electrons. The van der Waals surface area contributed by atoms with Crippen LogP contribution in [0.25, 0.3) is 5.57 Å². The van der Waals surface area contributed by atoms with Gasteiger partial charge >= 0.3 is 0 Å². The summed E-state index contributed by atoms with van der Waals surface area (Å²) in [4.78, 5) is 15.8. The number of halogens is 2. The lowest BCUT2D eigenvalue weighted by Gasteiger charge is -2.03. The van der Waals surface area contributed by atoms with E-state index in [1.54, 1.807) is 0 Å². The number of rotatable bonds is 4. The fourth-order valence-corrected chi connectivity index (χ4v) is 1.69. The minimum absolute atomic E-state index is 0.184. The van der Waals surface area contributed by atoms with Crippen molar-refractivity contribution < 1.29 is 4.39 Å². The van der Waals surface area contributed by atoms with Gasteiger partial charge in [-0.3, -0.25) is 4.99 Å². The first kappa shape index (κ1) is 14.8. The molecule has 0 aliphatic carbocycles. The summed E-state index contributed by atoms with van der Waals surface area (Å²) in [5.74, 6) is -0.145. The molecule has 0 spiro atoms. The van der Waals surface area contributed by atoms with Gasteiger partial charge in [0.25, 0.3) is 0 Å². The SMILES string of the molecule is C=Nc1ncc(Cl)c(/C(C=Nc2ccc(F)cc2)=C/N)n1. The molecule has 2 rings (SSSR count). The summed E-state index contributed by atoms with van der Waals surface area (Å²) < 4.78 is 12.8. The number of hydrogen-bond acceptors (Lipinski definition) is 5. The molecule has 0 amide bonds. The van der Waals surface area contributed by atoms with Gasteiger partial charge in [0.1, 0.15) is 5.82 Å². The summed E-state index contributed by atoms with van der Waals surface area (Å²) >= 11 is 6.03. The Kier molecular flexibility index (Phi) is 4.73. The van der Waals surface area contributed by atoms with Crippen molar-refractivity contribution in [1.29, 1.82) is 0 Å². The Labute approximate surface area is 125 Å². The van der Waals surface area contributed by atoms with Crippen molar-refractivity contribution in [2.45, 2.75) is 0 Å². The van der Waals surface area contributed by atoms with E-state index in [-0.39, 0.29) is 11.8 Å². The predicted molar refractivity (Wildman–Crippen MR) is 83.0 cm³/mol. The molecule has 1 aromatic carbocycles. The molecule has 0 aliphatic rings. The molecule has 2 aromatic rings. The first-order valence-electron chi connectivity index (χ1n) is 5.85. The first-order chi connectivity index (χ1) is 10.1. The average molecular weight is 304 g/mol. The summed E-state index contributed by atoms with van der Waals surface area (Å²) in [5.41, 5.74) is 7.02. The van der Waals surface area contributed by atoms with Crippen LogP contribution in [0.3, 0.4) is 0 Å². The van der Waals surface area contributed by atoms with Gasteiger partial charge in [0, 0.05) is 18.0 Å². The van der Waals surface area contributed by atoms with Gasteiger partial charge < -0.3 is 5.73 Å². The summed E-state index contributed by atoms with van der Waals surface area (Å²) in [6.45, 7) is 3.35. The quantitative estimate of drug-likeness (QED) is 0.880. The van der Waals surface area contributed by atoms with Crippen molar-refractivity contribution in [1.82, 2.24) is 9.97 Å². The fourth-order valence-electron chi connectivity index (χ4n) is 1.49. The molecule has 0 fully saturated rings. The number of benzene rings is 1. The van der Waals surface area contributed by atoms with Crippen molar-refractivity contribution >= 4 is 41.7 Å². The lowest BCUT2D eigenvalue weighted by molar-refractivity contribution is 0.628. The normalized spacial score (nSPS) is 11.8. The monoisotopic (exact) mass is 303 g/mol. The number of aliphatic imine (C=N–C) groups is 2. The minimum atomic E-state index is -0.330. The predicted octanol–water partition coefficient (Wildman–Crippen LogP) is 3.30. The maximum absolute atomic E-state index is 12.8. The van der Waals surface area contributed by atoms with E-state index >= 15 is 0 Å². The average Bonchev–Trinajstić information content (AvgIpc) is 2.51. The van der Waals surface area contributed by atoms with Gasteiger partial charge in [0.05, 0.1) is 22.6 Å². The van der Waals surface area contributed by atoms with Crippen LogP contribution in [-0.4, -0.2) is 22.9 Å². The van der Waals surface area contributed by atoms with Crippen LogP contribution in [0.15, 0.2) is 46.6 Å². The molecule has 21 heavy (non-hydrogen) atoms. The van der Waals surface area contributed by atoms with Crippen molar-refractivity contribution in [3.05, 3.63) is 53.2 Å². The van der Waals surface area contributed by atoms with Crippen LogP contribution in [0.1, 0.15) is 5.69 Å². The van der Waals surface area contributed by atoms with Crippen molar-refractivity contribution in [3.63, 3.8) is 0 Å². The van der Waals surface area contributed by atoms with Crippen LogP contribution < -0.4 is 5.73 Å². The summed E-state index contributed by atoms with van der Waals surface area (Å²) in [6.07, 6.45) is 4.20. The molecule has 0 saturated heterocycles. The van der Waals surface area contributed by atoms with Crippen LogP contribution in [0.5, 0.6) is 0 Å². The zero-order valence-corrected chi connectivity index (χ0v) is 11.6. The van der Waals surface area contributed by atoms with E-state index < -0.39 is 0 Å². The third-order valence-electron chi connectivity index (χ3n) is 2.51. The minimum Gasteiger partial charge on any atom is -0.404 e. The number of nitrogens with zero attached hydrogens (tertiary/aromatic N) is 4. The smallest absolute Gasteiger partial charge is 0.249 e. The van der Waals surface area contributed by atoms with Crippen LogP contribution >= 0.6 is 11.6 Å². The Morgan fingerprint density at radius 1 is 1.33 bits per heavy atom. The van der Waals surface area contributed by atoms with Gasteiger partial charge in [-0.1, -0.05) is 11.6 Å². The Bertz CT molecular complexity index is 710. The molecule has 0 aliphatic heterocycles. The molecule has 0 radical (unpaired) electrons. The van der Waals surface area contributed by atoms with E-state index in [0.29, 0.717) is 22.0 Å². The van der Waals surface area contributed by atoms with Gasteiger partial charge in [0.2, 0.25) is 5.95 Å². The van der Waals surface area contributed by atoms with Gasteiger partial charge in [-0.05, 0) is 31.0 Å². The lowest BCUT2D eigenvalue weighted by Crippen LogP contribution is -1.97. The topological polar surface area (TPSA) is 76.5 Å². The largest absolute Gasteiger partial charge is 0.404 e. The molecular weight excluding hydrogens is 293 g/mol. The number of aromatic nitrogens is 2. The third kappa shape index (κ3) is 3.70. The van der Waals surface area contributed by atoms with Crippen LogP contribution in [-0.2, 0) is 0 Å². The second-order valence-corrected chi connectivity index (χ2v) is 4.29. The molecule has 0 bridgehead atoms. The number of hydrogen-bond donors (Lipinski definition) is 1. The molecule has 2 N–H and O–H groups in total. The van der Waals surface area contributed by atoms with E-state index in [1.807, 2.05) is 0 Å². The van der Waals surface area contributed by atoms with E-state index in [9.17, 15) is 4.39 Å². The zero-order valence-electron chi connectivity index (χ0n) is 10.9. The molecule has 1 aromatic heterocycles. The van der Waals surface area contributed by atoms with Crippen LogP contribution in [0.4, 0.5) is 16.0 Å². The van der Waals surface area contributed by atoms with Gasteiger partial charge in [-0.2, -0.15) is 0 Å². The zero-order chi connectivity index (χ0) is 15.2. The standard InChI is InChI=1S/C14H11ClFN5/c1-18-14-20-8-12(15)13(21-14)9(6-17)7-19-11-4-2-10(16)3-5-11/h2-8H,1,17H2/b9-6+,19-7?. The Morgan fingerprint density at radius 3 is 2.67 bits per heavy atom. The van der Waals surface area contributed by atoms with Gasteiger partial charge in [-0.15, -0.1) is 0 Å². The molecule has 7 heteroatoms. The molecular formula is C14H11ClFN5. The van der Waals surface area contributed by atoms with Crippen LogP contribution in [0, 0.1) is 5.82 Å². The lowest BCUT2D eigenvalue weighted by atomic mass is 10.2. The Balaban J connectivity index is 2.32. The fraction of sp³-hybridized carbons (Fsp3) is 0. The van der Waals surface area contributed by atoms with E-state index in [0.717, 1.165) is 0 Å². The third-order valence-corrected chi connectivity index (χ3v) is 2.78. The highest BCUT2D eigenvalue weighted by Crippen LogP contribution is 2.22. The van der Waals surface area contributed by atoms with Crippen molar-refractivity contribution in [2.75, 3.05) is 0 Å².